The van der Waals surface area contributed by atoms with E-state index in [9.17, 15) is 0 Å². The molecule has 2 heterocycles. The molecule has 26 heavy (non-hydrogen) atoms. The van der Waals surface area contributed by atoms with Gasteiger partial charge in [-0.2, -0.15) is 0 Å². The lowest BCUT2D eigenvalue weighted by atomic mass is 10.0. The van der Waals surface area contributed by atoms with Gasteiger partial charge in [-0.1, -0.05) is 29.8 Å². The highest BCUT2D eigenvalue weighted by Crippen LogP contribution is 2.23. The first kappa shape index (κ1) is 17.0. The van der Waals surface area contributed by atoms with E-state index >= 15 is 0 Å². The van der Waals surface area contributed by atoms with Gasteiger partial charge in [-0.25, -0.2) is 4.98 Å². The molecule has 0 atom stereocenters. The zero-order valence-corrected chi connectivity index (χ0v) is 15.6. The van der Waals surface area contributed by atoms with Crippen LogP contribution in [0, 0.1) is 6.92 Å². The Kier molecular flexibility index (Phi) is 4.85. The van der Waals surface area contributed by atoms with Crippen LogP contribution < -0.4 is 4.90 Å². The Hall–Kier alpha value is -2.46. The second-order valence-corrected chi connectivity index (χ2v) is 7.32. The largest absolute Gasteiger partial charge is 0.371 e. The first-order valence-electron chi connectivity index (χ1n) is 9.41. The van der Waals surface area contributed by atoms with Crippen molar-refractivity contribution in [3.8, 4) is 0 Å². The Morgan fingerprint density at radius 1 is 1.00 bits per heavy atom. The number of piperidine rings is 1. The van der Waals surface area contributed by atoms with Gasteiger partial charge in [0.2, 0.25) is 0 Å². The molecule has 0 bridgehead atoms. The normalized spacial score (nSPS) is 15.7. The molecule has 0 saturated carbocycles. The number of rotatable bonds is 4. The zero-order chi connectivity index (χ0) is 17.9. The molecule has 1 aliphatic heterocycles. The number of hydrogen-bond donors (Lipinski definition) is 0. The van der Waals surface area contributed by atoms with Crippen molar-refractivity contribution in [3.63, 3.8) is 0 Å². The highest BCUT2D eigenvalue weighted by atomic mass is 15.2. The van der Waals surface area contributed by atoms with Crippen molar-refractivity contribution in [1.82, 2.24) is 14.9 Å². The number of aromatic nitrogens is 2. The summed E-state index contributed by atoms with van der Waals surface area (Å²) in [6.07, 6.45) is 4.29. The highest BCUT2D eigenvalue weighted by Gasteiger charge is 2.23. The van der Waals surface area contributed by atoms with Crippen molar-refractivity contribution >= 4 is 16.7 Å². The van der Waals surface area contributed by atoms with Crippen molar-refractivity contribution in [2.24, 2.45) is 0 Å². The van der Waals surface area contributed by atoms with Crippen molar-refractivity contribution in [2.75, 3.05) is 25.0 Å². The molecule has 0 amide bonds. The standard InChI is InChI=1S/C22H26N4/c1-17-7-9-20(10-8-17)26-13-11-19(12-14-26)25(2)16-18-15-23-21-5-3-4-6-22(21)24-18/h3-10,15,19H,11-14,16H2,1-2H3. The van der Waals surface area contributed by atoms with Gasteiger partial charge in [0.25, 0.3) is 0 Å². The van der Waals surface area contributed by atoms with E-state index in [1.54, 1.807) is 0 Å². The van der Waals surface area contributed by atoms with E-state index in [2.05, 4.69) is 53.0 Å². The maximum Gasteiger partial charge on any atom is 0.0890 e. The fourth-order valence-corrected chi connectivity index (χ4v) is 3.78. The van der Waals surface area contributed by atoms with Gasteiger partial charge in [-0.3, -0.25) is 9.88 Å². The summed E-state index contributed by atoms with van der Waals surface area (Å²) in [4.78, 5) is 14.2. The van der Waals surface area contributed by atoms with Crippen LogP contribution in [0.2, 0.25) is 0 Å². The molecule has 4 heteroatoms. The lowest BCUT2D eigenvalue weighted by Gasteiger charge is -2.37. The average Bonchev–Trinajstić information content (AvgIpc) is 2.68. The van der Waals surface area contributed by atoms with Gasteiger partial charge in [0, 0.05) is 31.4 Å². The Bertz CT molecular complexity index is 867. The van der Waals surface area contributed by atoms with Crippen LogP contribution in [0.15, 0.2) is 54.7 Å². The lowest BCUT2D eigenvalue weighted by molar-refractivity contribution is 0.198. The molecule has 4 rings (SSSR count). The Morgan fingerprint density at radius 2 is 1.69 bits per heavy atom. The number of para-hydroxylation sites is 2. The molecular weight excluding hydrogens is 320 g/mol. The Labute approximate surface area is 155 Å². The molecule has 0 aliphatic carbocycles. The number of fused-ring (bicyclic) bond motifs is 1. The van der Waals surface area contributed by atoms with E-state index in [-0.39, 0.29) is 0 Å². The minimum absolute atomic E-state index is 0.602. The summed E-state index contributed by atoms with van der Waals surface area (Å²) >= 11 is 0. The molecule has 2 aromatic carbocycles. The molecule has 1 fully saturated rings. The predicted octanol–water partition coefficient (Wildman–Crippen LogP) is 4.04. The molecule has 1 saturated heterocycles. The van der Waals surface area contributed by atoms with Gasteiger partial charge >= 0.3 is 0 Å². The van der Waals surface area contributed by atoms with Crippen molar-refractivity contribution < 1.29 is 0 Å². The summed E-state index contributed by atoms with van der Waals surface area (Å²) in [5.41, 5.74) is 5.65. The third-order valence-electron chi connectivity index (χ3n) is 5.40. The minimum atomic E-state index is 0.602. The molecule has 0 spiro atoms. The van der Waals surface area contributed by atoms with E-state index < -0.39 is 0 Å². The SMILES string of the molecule is Cc1ccc(N2CCC(N(C)Cc3cnc4ccccc4n3)CC2)cc1. The summed E-state index contributed by atoms with van der Waals surface area (Å²) in [7, 11) is 2.21. The number of nitrogens with zero attached hydrogens (tertiary/aromatic N) is 4. The van der Waals surface area contributed by atoms with Crippen LogP contribution in [0.4, 0.5) is 5.69 Å². The van der Waals surface area contributed by atoms with E-state index in [1.807, 2.05) is 30.5 Å². The smallest absolute Gasteiger partial charge is 0.0890 e. The van der Waals surface area contributed by atoms with Crippen LogP contribution in [-0.4, -0.2) is 41.0 Å². The molecule has 3 aromatic rings. The first-order chi connectivity index (χ1) is 12.7. The highest BCUT2D eigenvalue weighted by molar-refractivity contribution is 5.73. The lowest BCUT2D eigenvalue weighted by Crippen LogP contribution is -2.43. The van der Waals surface area contributed by atoms with Crippen LogP contribution in [0.5, 0.6) is 0 Å². The fourth-order valence-electron chi connectivity index (χ4n) is 3.78. The Balaban J connectivity index is 1.36. The monoisotopic (exact) mass is 346 g/mol. The van der Waals surface area contributed by atoms with Crippen molar-refractivity contribution in [1.29, 1.82) is 0 Å². The predicted molar refractivity (Wildman–Crippen MR) is 107 cm³/mol. The second kappa shape index (κ2) is 7.42. The summed E-state index contributed by atoms with van der Waals surface area (Å²) in [6.45, 7) is 5.22. The number of benzene rings is 2. The summed E-state index contributed by atoms with van der Waals surface area (Å²) in [6, 6.07) is 17.6. The topological polar surface area (TPSA) is 32.3 Å². The van der Waals surface area contributed by atoms with Gasteiger partial charge in [-0.05, 0) is 51.1 Å². The minimum Gasteiger partial charge on any atom is -0.371 e. The third kappa shape index (κ3) is 3.70. The van der Waals surface area contributed by atoms with Crippen LogP contribution >= 0.6 is 0 Å². The van der Waals surface area contributed by atoms with Crippen LogP contribution in [0.1, 0.15) is 24.1 Å². The van der Waals surface area contributed by atoms with E-state index in [0.717, 1.165) is 36.4 Å². The summed E-state index contributed by atoms with van der Waals surface area (Å²) < 4.78 is 0. The van der Waals surface area contributed by atoms with Gasteiger partial charge in [0.1, 0.15) is 0 Å². The molecular formula is C22H26N4. The van der Waals surface area contributed by atoms with E-state index in [1.165, 1.54) is 24.1 Å². The van der Waals surface area contributed by atoms with E-state index in [4.69, 9.17) is 4.98 Å². The van der Waals surface area contributed by atoms with Crippen molar-refractivity contribution in [3.05, 3.63) is 66.0 Å². The molecule has 134 valence electrons. The van der Waals surface area contributed by atoms with Gasteiger partial charge in [0.15, 0.2) is 0 Å². The Morgan fingerprint density at radius 3 is 2.42 bits per heavy atom. The molecule has 0 N–H and O–H groups in total. The molecule has 1 aliphatic rings. The average molecular weight is 346 g/mol. The van der Waals surface area contributed by atoms with Crippen LogP contribution in [0.3, 0.4) is 0 Å². The fraction of sp³-hybridized carbons (Fsp3) is 0.364. The second-order valence-electron chi connectivity index (χ2n) is 7.32. The molecule has 0 unspecified atom stereocenters. The number of aryl methyl sites for hydroxylation is 1. The first-order valence-corrected chi connectivity index (χ1v) is 9.41. The third-order valence-corrected chi connectivity index (χ3v) is 5.40. The van der Waals surface area contributed by atoms with Crippen molar-refractivity contribution in [2.45, 2.75) is 32.4 Å². The van der Waals surface area contributed by atoms with E-state index in [0.29, 0.717) is 6.04 Å². The zero-order valence-electron chi connectivity index (χ0n) is 15.6. The van der Waals surface area contributed by atoms with Crippen LogP contribution in [-0.2, 0) is 6.54 Å². The van der Waals surface area contributed by atoms with Gasteiger partial charge in [-0.15, -0.1) is 0 Å². The summed E-state index contributed by atoms with van der Waals surface area (Å²) in [5.74, 6) is 0. The maximum absolute atomic E-state index is 4.77. The molecule has 1 aromatic heterocycles. The van der Waals surface area contributed by atoms with Gasteiger partial charge in [0.05, 0.1) is 22.9 Å². The van der Waals surface area contributed by atoms with Crippen LogP contribution in [0.25, 0.3) is 11.0 Å². The number of hydrogen-bond acceptors (Lipinski definition) is 4. The summed E-state index contributed by atoms with van der Waals surface area (Å²) in [5, 5.41) is 0. The number of anilines is 1. The quantitative estimate of drug-likeness (QED) is 0.714. The molecule has 0 radical (unpaired) electrons. The molecule has 4 nitrogen and oxygen atoms in total. The van der Waals surface area contributed by atoms with Gasteiger partial charge < -0.3 is 4.90 Å². The maximum atomic E-state index is 4.77.